The largest absolute Gasteiger partial charge is 0.389 e. The van der Waals surface area contributed by atoms with E-state index in [4.69, 9.17) is 11.6 Å². The van der Waals surface area contributed by atoms with Gasteiger partial charge in [0, 0.05) is 31.2 Å². The zero-order valence-electron chi connectivity index (χ0n) is 12.5. The number of nitrogens with zero attached hydrogens (tertiary/aromatic N) is 2. The SMILES string of the molecule is CC(C)(O)CN1CCCN(Cc2ccc(Cl)cc2)CC1. The molecule has 112 valence electrons. The number of rotatable bonds is 4. The Bertz CT molecular complexity index is 413. The standard InChI is InChI=1S/C16H25ClN2O/c1-16(2,20)13-19-9-3-8-18(10-11-19)12-14-4-6-15(17)7-5-14/h4-7,20H,3,8-13H2,1-2H3. The summed E-state index contributed by atoms with van der Waals surface area (Å²) >= 11 is 5.92. The minimum Gasteiger partial charge on any atom is -0.389 e. The smallest absolute Gasteiger partial charge is 0.0718 e. The normalized spacial score (nSPS) is 19.0. The number of aliphatic hydroxyl groups is 1. The second-order valence-corrected chi connectivity index (χ2v) is 6.78. The van der Waals surface area contributed by atoms with Gasteiger partial charge in [-0.15, -0.1) is 0 Å². The average molecular weight is 297 g/mol. The molecular formula is C16H25ClN2O. The Balaban J connectivity index is 1.85. The molecule has 0 aromatic heterocycles. The fourth-order valence-electron chi connectivity index (χ4n) is 2.74. The van der Waals surface area contributed by atoms with Crippen LogP contribution < -0.4 is 0 Å². The third-order valence-corrected chi connectivity index (χ3v) is 3.86. The summed E-state index contributed by atoms with van der Waals surface area (Å²) in [6.45, 7) is 9.75. The van der Waals surface area contributed by atoms with Gasteiger partial charge in [0.25, 0.3) is 0 Å². The lowest BCUT2D eigenvalue weighted by Gasteiger charge is -2.27. The molecule has 0 spiro atoms. The Labute approximate surface area is 127 Å². The van der Waals surface area contributed by atoms with Gasteiger partial charge < -0.3 is 5.11 Å². The van der Waals surface area contributed by atoms with E-state index < -0.39 is 5.60 Å². The summed E-state index contributed by atoms with van der Waals surface area (Å²) < 4.78 is 0. The monoisotopic (exact) mass is 296 g/mol. The van der Waals surface area contributed by atoms with Crippen molar-refractivity contribution in [3.8, 4) is 0 Å². The molecule has 0 atom stereocenters. The summed E-state index contributed by atoms with van der Waals surface area (Å²) in [5.74, 6) is 0. The maximum atomic E-state index is 9.92. The van der Waals surface area contributed by atoms with Crippen LogP contribution in [0.4, 0.5) is 0 Å². The van der Waals surface area contributed by atoms with Crippen molar-refractivity contribution in [1.29, 1.82) is 0 Å². The molecule has 2 rings (SSSR count). The van der Waals surface area contributed by atoms with Gasteiger partial charge in [-0.05, 0) is 51.1 Å². The van der Waals surface area contributed by atoms with Crippen molar-refractivity contribution < 1.29 is 5.11 Å². The third-order valence-electron chi connectivity index (χ3n) is 3.61. The van der Waals surface area contributed by atoms with E-state index in [0.717, 1.165) is 50.7 Å². The zero-order valence-corrected chi connectivity index (χ0v) is 13.2. The first-order valence-electron chi connectivity index (χ1n) is 7.34. The van der Waals surface area contributed by atoms with Gasteiger partial charge in [-0.25, -0.2) is 0 Å². The summed E-state index contributed by atoms with van der Waals surface area (Å²) in [7, 11) is 0. The van der Waals surface area contributed by atoms with Gasteiger partial charge in [-0.2, -0.15) is 0 Å². The molecule has 1 aromatic rings. The second-order valence-electron chi connectivity index (χ2n) is 6.34. The van der Waals surface area contributed by atoms with E-state index in [2.05, 4.69) is 21.9 Å². The Morgan fingerprint density at radius 1 is 1.05 bits per heavy atom. The van der Waals surface area contributed by atoms with Gasteiger partial charge in [-0.3, -0.25) is 9.80 Å². The molecule has 0 saturated carbocycles. The summed E-state index contributed by atoms with van der Waals surface area (Å²) in [4.78, 5) is 4.84. The Kier molecular flexibility index (Phi) is 5.44. The van der Waals surface area contributed by atoms with E-state index in [0.29, 0.717) is 0 Å². The van der Waals surface area contributed by atoms with Gasteiger partial charge in [0.2, 0.25) is 0 Å². The van der Waals surface area contributed by atoms with Crippen LogP contribution in [0, 0.1) is 0 Å². The van der Waals surface area contributed by atoms with E-state index in [1.807, 2.05) is 26.0 Å². The Morgan fingerprint density at radius 3 is 2.30 bits per heavy atom. The molecular weight excluding hydrogens is 272 g/mol. The first kappa shape index (κ1) is 15.8. The van der Waals surface area contributed by atoms with Crippen molar-refractivity contribution in [2.45, 2.75) is 32.4 Å². The fourth-order valence-corrected chi connectivity index (χ4v) is 2.86. The first-order chi connectivity index (χ1) is 9.42. The molecule has 1 aliphatic heterocycles. The first-order valence-corrected chi connectivity index (χ1v) is 7.72. The van der Waals surface area contributed by atoms with E-state index in [-0.39, 0.29) is 0 Å². The fraction of sp³-hybridized carbons (Fsp3) is 0.625. The summed E-state index contributed by atoms with van der Waals surface area (Å²) in [5.41, 5.74) is 0.705. The summed E-state index contributed by atoms with van der Waals surface area (Å²) in [6, 6.07) is 8.11. The molecule has 0 aliphatic carbocycles. The van der Waals surface area contributed by atoms with Crippen molar-refractivity contribution in [3.05, 3.63) is 34.9 Å². The van der Waals surface area contributed by atoms with Gasteiger partial charge in [-0.1, -0.05) is 23.7 Å². The summed E-state index contributed by atoms with van der Waals surface area (Å²) in [6.07, 6.45) is 1.16. The predicted octanol–water partition coefficient (Wildman–Crippen LogP) is 2.62. The van der Waals surface area contributed by atoms with Crippen LogP contribution in [-0.2, 0) is 6.54 Å². The number of hydrogen-bond donors (Lipinski definition) is 1. The van der Waals surface area contributed by atoms with Crippen LogP contribution in [0.15, 0.2) is 24.3 Å². The van der Waals surface area contributed by atoms with Gasteiger partial charge in [0.1, 0.15) is 0 Å². The second kappa shape index (κ2) is 6.90. The molecule has 0 bridgehead atoms. The van der Waals surface area contributed by atoms with Crippen molar-refractivity contribution in [1.82, 2.24) is 9.80 Å². The number of hydrogen-bond acceptors (Lipinski definition) is 3. The van der Waals surface area contributed by atoms with Gasteiger partial charge >= 0.3 is 0 Å². The maximum absolute atomic E-state index is 9.92. The van der Waals surface area contributed by atoms with E-state index in [1.165, 1.54) is 5.56 Å². The molecule has 4 heteroatoms. The van der Waals surface area contributed by atoms with Crippen LogP contribution in [0.3, 0.4) is 0 Å². The van der Waals surface area contributed by atoms with Gasteiger partial charge in [0.05, 0.1) is 5.60 Å². The van der Waals surface area contributed by atoms with Crippen molar-refractivity contribution in [3.63, 3.8) is 0 Å². The highest BCUT2D eigenvalue weighted by Gasteiger charge is 2.21. The zero-order chi connectivity index (χ0) is 14.6. The minimum atomic E-state index is -0.606. The van der Waals surface area contributed by atoms with Gasteiger partial charge in [0.15, 0.2) is 0 Å². The lowest BCUT2D eigenvalue weighted by atomic mass is 10.1. The molecule has 1 heterocycles. The molecule has 1 fully saturated rings. The average Bonchev–Trinajstić information content (AvgIpc) is 2.56. The van der Waals surface area contributed by atoms with E-state index >= 15 is 0 Å². The van der Waals surface area contributed by atoms with Crippen molar-refractivity contribution >= 4 is 11.6 Å². The van der Waals surface area contributed by atoms with E-state index in [1.54, 1.807) is 0 Å². The molecule has 3 nitrogen and oxygen atoms in total. The Hall–Kier alpha value is -0.610. The Morgan fingerprint density at radius 2 is 1.65 bits per heavy atom. The van der Waals surface area contributed by atoms with E-state index in [9.17, 15) is 5.11 Å². The quantitative estimate of drug-likeness (QED) is 0.925. The predicted molar refractivity (Wildman–Crippen MR) is 84.1 cm³/mol. The number of halogens is 1. The van der Waals surface area contributed by atoms with Crippen LogP contribution in [0.1, 0.15) is 25.8 Å². The highest BCUT2D eigenvalue weighted by molar-refractivity contribution is 6.30. The molecule has 1 N–H and O–H groups in total. The molecule has 1 aromatic carbocycles. The van der Waals surface area contributed by atoms with Crippen LogP contribution >= 0.6 is 11.6 Å². The van der Waals surface area contributed by atoms with Crippen LogP contribution in [0.2, 0.25) is 5.02 Å². The highest BCUT2D eigenvalue weighted by Crippen LogP contribution is 2.14. The number of β-amino-alcohol motifs (C(OH)–C–C–N with tert-alkyl or cyclic N) is 1. The topological polar surface area (TPSA) is 26.7 Å². The van der Waals surface area contributed by atoms with Crippen LogP contribution in [0.25, 0.3) is 0 Å². The molecule has 20 heavy (non-hydrogen) atoms. The molecule has 1 saturated heterocycles. The molecule has 0 radical (unpaired) electrons. The van der Waals surface area contributed by atoms with Crippen molar-refractivity contribution in [2.75, 3.05) is 32.7 Å². The lowest BCUT2D eigenvalue weighted by molar-refractivity contribution is 0.0374. The number of benzene rings is 1. The summed E-state index contributed by atoms with van der Waals surface area (Å²) in [5, 5.41) is 10.7. The maximum Gasteiger partial charge on any atom is 0.0718 e. The van der Waals surface area contributed by atoms with Crippen LogP contribution in [0.5, 0.6) is 0 Å². The molecule has 0 unspecified atom stereocenters. The third kappa shape index (κ3) is 5.41. The lowest BCUT2D eigenvalue weighted by Crippen LogP contribution is -2.40. The minimum absolute atomic E-state index is 0.606. The molecule has 1 aliphatic rings. The van der Waals surface area contributed by atoms with Crippen molar-refractivity contribution in [2.24, 2.45) is 0 Å². The highest BCUT2D eigenvalue weighted by atomic mass is 35.5. The molecule has 0 amide bonds. The van der Waals surface area contributed by atoms with Crippen LogP contribution in [-0.4, -0.2) is 53.2 Å².